The standard InChI is InChI=1S/C23H34N4O/c1-3-21(27-16-8-11-22(27)28)12-15-25-23(24-4-2)26-17-13-20(14-18-26)19-9-6-5-7-10-19/h5-7,9-10,13,21H,3-4,8,11-12,14-18H2,1-2H3,(H,24,25). The van der Waals surface area contributed by atoms with Crippen LogP contribution in [0.15, 0.2) is 41.4 Å². The number of nitrogens with one attached hydrogen (secondary N) is 1. The number of aliphatic imine (C=N–C) groups is 1. The molecule has 2 aliphatic rings. The van der Waals surface area contributed by atoms with Gasteiger partial charge in [-0.25, -0.2) is 0 Å². The molecule has 5 nitrogen and oxygen atoms in total. The summed E-state index contributed by atoms with van der Waals surface area (Å²) in [5.74, 6) is 1.31. The Morgan fingerprint density at radius 2 is 2.00 bits per heavy atom. The fraction of sp³-hybridized carbons (Fsp3) is 0.565. The Morgan fingerprint density at radius 3 is 2.61 bits per heavy atom. The summed E-state index contributed by atoms with van der Waals surface area (Å²) in [7, 11) is 0. The van der Waals surface area contributed by atoms with Gasteiger partial charge in [-0.1, -0.05) is 43.3 Å². The molecule has 1 aromatic rings. The zero-order valence-electron chi connectivity index (χ0n) is 17.4. The van der Waals surface area contributed by atoms with Crippen molar-refractivity contribution in [3.63, 3.8) is 0 Å². The minimum absolute atomic E-state index is 0.317. The number of benzene rings is 1. The van der Waals surface area contributed by atoms with E-state index in [1.807, 2.05) is 0 Å². The first kappa shape index (κ1) is 20.4. The van der Waals surface area contributed by atoms with Gasteiger partial charge in [-0.2, -0.15) is 0 Å². The van der Waals surface area contributed by atoms with E-state index in [2.05, 4.69) is 65.4 Å². The van der Waals surface area contributed by atoms with Gasteiger partial charge in [0, 0.05) is 45.2 Å². The average molecular weight is 383 g/mol. The predicted octanol–water partition coefficient (Wildman–Crippen LogP) is 3.53. The van der Waals surface area contributed by atoms with E-state index in [1.165, 1.54) is 11.1 Å². The number of rotatable bonds is 7. The van der Waals surface area contributed by atoms with Gasteiger partial charge in [0.05, 0.1) is 0 Å². The Labute approximate surface area is 169 Å². The van der Waals surface area contributed by atoms with Gasteiger partial charge in [-0.3, -0.25) is 9.79 Å². The summed E-state index contributed by atoms with van der Waals surface area (Å²) in [6.07, 6.45) is 7.02. The molecule has 0 spiro atoms. The van der Waals surface area contributed by atoms with Crippen molar-refractivity contribution in [2.24, 2.45) is 4.99 Å². The molecule has 0 aromatic heterocycles. The number of hydrogen-bond donors (Lipinski definition) is 1. The molecule has 1 amide bonds. The Kier molecular flexibility index (Phi) is 7.52. The van der Waals surface area contributed by atoms with Gasteiger partial charge in [0.2, 0.25) is 5.91 Å². The van der Waals surface area contributed by atoms with Crippen molar-refractivity contribution < 1.29 is 4.79 Å². The normalized spacial score (nSPS) is 19.0. The number of hydrogen-bond acceptors (Lipinski definition) is 2. The molecular weight excluding hydrogens is 348 g/mol. The lowest BCUT2D eigenvalue weighted by molar-refractivity contribution is -0.129. The van der Waals surface area contributed by atoms with Crippen molar-refractivity contribution in [1.82, 2.24) is 15.1 Å². The Bertz CT molecular complexity index is 698. The lowest BCUT2D eigenvalue weighted by atomic mass is 10.00. The largest absolute Gasteiger partial charge is 0.357 e. The van der Waals surface area contributed by atoms with Crippen molar-refractivity contribution in [2.75, 3.05) is 32.7 Å². The van der Waals surface area contributed by atoms with Crippen molar-refractivity contribution in [1.29, 1.82) is 0 Å². The Balaban J connectivity index is 1.58. The van der Waals surface area contributed by atoms with Crippen LogP contribution in [0.25, 0.3) is 5.57 Å². The first-order valence-corrected chi connectivity index (χ1v) is 10.8. The fourth-order valence-electron chi connectivity index (χ4n) is 4.16. The molecule has 1 fully saturated rings. The summed E-state index contributed by atoms with van der Waals surface area (Å²) >= 11 is 0. The van der Waals surface area contributed by atoms with Gasteiger partial charge in [0.1, 0.15) is 0 Å². The van der Waals surface area contributed by atoms with E-state index in [1.54, 1.807) is 0 Å². The minimum Gasteiger partial charge on any atom is -0.357 e. The number of likely N-dealkylation sites (tertiary alicyclic amines) is 1. The van der Waals surface area contributed by atoms with Crippen LogP contribution in [0.5, 0.6) is 0 Å². The van der Waals surface area contributed by atoms with Crippen LogP contribution in [0.4, 0.5) is 0 Å². The third kappa shape index (κ3) is 5.15. The molecular formula is C23H34N4O. The van der Waals surface area contributed by atoms with Crippen LogP contribution < -0.4 is 5.32 Å². The van der Waals surface area contributed by atoms with Gasteiger partial charge >= 0.3 is 0 Å². The minimum atomic E-state index is 0.317. The highest BCUT2D eigenvalue weighted by Gasteiger charge is 2.26. The SMILES string of the molecule is CCNC(=NCCC(CC)N1CCCC1=O)N1CC=C(c2ccccc2)CC1. The highest BCUT2D eigenvalue weighted by atomic mass is 16.2. The quantitative estimate of drug-likeness (QED) is 0.580. The van der Waals surface area contributed by atoms with Gasteiger partial charge in [-0.05, 0) is 43.7 Å². The van der Waals surface area contributed by atoms with E-state index in [0.717, 1.165) is 64.4 Å². The second kappa shape index (κ2) is 10.3. The number of nitrogens with zero attached hydrogens (tertiary/aromatic N) is 3. The van der Waals surface area contributed by atoms with E-state index >= 15 is 0 Å². The van der Waals surface area contributed by atoms with Crippen molar-refractivity contribution in [2.45, 2.75) is 52.0 Å². The third-order valence-corrected chi connectivity index (χ3v) is 5.73. The summed E-state index contributed by atoms with van der Waals surface area (Å²) < 4.78 is 0. The highest BCUT2D eigenvalue weighted by molar-refractivity contribution is 5.81. The topological polar surface area (TPSA) is 47.9 Å². The van der Waals surface area contributed by atoms with Crippen LogP contribution in [-0.2, 0) is 4.79 Å². The molecule has 1 N–H and O–H groups in total. The molecule has 28 heavy (non-hydrogen) atoms. The number of carbonyl (C=O) groups excluding carboxylic acids is 1. The molecule has 5 heteroatoms. The molecule has 0 radical (unpaired) electrons. The Hall–Kier alpha value is -2.30. The second-order valence-corrected chi connectivity index (χ2v) is 7.57. The third-order valence-electron chi connectivity index (χ3n) is 5.73. The molecule has 152 valence electrons. The van der Waals surface area contributed by atoms with Crippen LogP contribution in [0, 0.1) is 0 Å². The molecule has 2 heterocycles. The van der Waals surface area contributed by atoms with E-state index in [9.17, 15) is 4.79 Å². The van der Waals surface area contributed by atoms with E-state index in [-0.39, 0.29) is 0 Å². The smallest absolute Gasteiger partial charge is 0.222 e. The molecule has 0 bridgehead atoms. The Morgan fingerprint density at radius 1 is 1.18 bits per heavy atom. The fourth-order valence-corrected chi connectivity index (χ4v) is 4.16. The molecule has 0 saturated carbocycles. The molecule has 1 aromatic carbocycles. The summed E-state index contributed by atoms with van der Waals surface area (Å²) in [5, 5.41) is 3.44. The highest BCUT2D eigenvalue weighted by Crippen LogP contribution is 2.22. The predicted molar refractivity (Wildman–Crippen MR) is 116 cm³/mol. The summed E-state index contributed by atoms with van der Waals surface area (Å²) in [6.45, 7) is 8.70. The van der Waals surface area contributed by atoms with Crippen LogP contribution in [0.2, 0.25) is 0 Å². The van der Waals surface area contributed by atoms with E-state index in [4.69, 9.17) is 4.99 Å². The lowest BCUT2D eigenvalue weighted by Crippen LogP contribution is -2.43. The zero-order valence-corrected chi connectivity index (χ0v) is 17.4. The molecule has 0 aliphatic carbocycles. The van der Waals surface area contributed by atoms with Crippen LogP contribution in [-0.4, -0.2) is 60.4 Å². The monoisotopic (exact) mass is 382 g/mol. The maximum atomic E-state index is 12.0. The molecule has 1 atom stereocenters. The van der Waals surface area contributed by atoms with Gasteiger partial charge in [0.25, 0.3) is 0 Å². The summed E-state index contributed by atoms with van der Waals surface area (Å²) in [6, 6.07) is 11.0. The average Bonchev–Trinajstić information content (AvgIpc) is 3.17. The van der Waals surface area contributed by atoms with Gasteiger partial charge in [0.15, 0.2) is 5.96 Å². The molecule has 2 aliphatic heterocycles. The first-order valence-electron chi connectivity index (χ1n) is 10.8. The number of amides is 1. The van der Waals surface area contributed by atoms with Gasteiger partial charge in [-0.15, -0.1) is 0 Å². The van der Waals surface area contributed by atoms with E-state index < -0.39 is 0 Å². The van der Waals surface area contributed by atoms with Crippen molar-refractivity contribution >= 4 is 17.4 Å². The maximum absolute atomic E-state index is 12.0. The molecule has 1 unspecified atom stereocenters. The number of carbonyl (C=O) groups is 1. The maximum Gasteiger partial charge on any atom is 0.222 e. The van der Waals surface area contributed by atoms with Crippen molar-refractivity contribution in [3.8, 4) is 0 Å². The summed E-state index contributed by atoms with van der Waals surface area (Å²) in [4.78, 5) is 21.3. The van der Waals surface area contributed by atoms with Crippen LogP contribution in [0.1, 0.15) is 51.5 Å². The lowest BCUT2D eigenvalue weighted by Gasteiger charge is -2.30. The molecule has 3 rings (SSSR count). The van der Waals surface area contributed by atoms with E-state index in [0.29, 0.717) is 18.4 Å². The first-order chi connectivity index (χ1) is 13.7. The van der Waals surface area contributed by atoms with Gasteiger partial charge < -0.3 is 15.1 Å². The summed E-state index contributed by atoms with van der Waals surface area (Å²) in [5.41, 5.74) is 2.75. The molecule has 1 saturated heterocycles. The van der Waals surface area contributed by atoms with Crippen molar-refractivity contribution in [3.05, 3.63) is 42.0 Å². The number of guanidine groups is 1. The second-order valence-electron chi connectivity index (χ2n) is 7.57. The van der Waals surface area contributed by atoms with Crippen LogP contribution >= 0.6 is 0 Å². The zero-order chi connectivity index (χ0) is 19.8. The van der Waals surface area contributed by atoms with Crippen LogP contribution in [0.3, 0.4) is 0 Å².